The van der Waals surface area contributed by atoms with Crippen LogP contribution >= 0.6 is 0 Å². The fourth-order valence-corrected chi connectivity index (χ4v) is 4.96. The molecule has 0 aliphatic carbocycles. The molecule has 1 unspecified atom stereocenters. The largest absolute Gasteiger partial charge is 0.481 e. The third-order valence-corrected chi connectivity index (χ3v) is 8.62. The normalized spacial score (nSPS) is 14.3. The Bertz CT molecular complexity index is 661. The molecule has 0 aromatic rings. The summed E-state index contributed by atoms with van der Waals surface area (Å²) in [6.45, 7) is 22.0. The van der Waals surface area contributed by atoms with Crippen molar-refractivity contribution in [1.29, 1.82) is 0 Å². The molecule has 0 rings (SSSR count). The van der Waals surface area contributed by atoms with E-state index in [1.165, 1.54) is 6.42 Å². The van der Waals surface area contributed by atoms with Gasteiger partial charge in [-0.3, -0.25) is 9.59 Å². The molecular formula is C31H58O5. The Morgan fingerprint density at radius 1 is 0.833 bits per heavy atom. The average molecular weight is 511 g/mol. The summed E-state index contributed by atoms with van der Waals surface area (Å²) >= 11 is 0. The van der Waals surface area contributed by atoms with Gasteiger partial charge in [-0.2, -0.15) is 0 Å². The van der Waals surface area contributed by atoms with Gasteiger partial charge in [-0.25, -0.2) is 0 Å². The molecule has 0 aliphatic rings. The minimum atomic E-state index is -0.951. The molecule has 0 spiro atoms. The monoisotopic (exact) mass is 510 g/mol. The second-order valence-electron chi connectivity index (χ2n) is 12.1. The van der Waals surface area contributed by atoms with Crippen molar-refractivity contribution in [2.24, 2.45) is 16.7 Å². The molecule has 0 saturated heterocycles. The van der Waals surface area contributed by atoms with E-state index in [1.54, 1.807) is 0 Å². The van der Waals surface area contributed by atoms with E-state index < -0.39 is 23.5 Å². The van der Waals surface area contributed by atoms with Crippen molar-refractivity contribution in [1.82, 2.24) is 0 Å². The number of carbonyl (C=O) groups is 2. The van der Waals surface area contributed by atoms with Gasteiger partial charge in [0.2, 0.25) is 0 Å². The molecule has 5 heteroatoms. The second-order valence-corrected chi connectivity index (χ2v) is 12.1. The van der Waals surface area contributed by atoms with Crippen molar-refractivity contribution in [3.05, 3.63) is 12.2 Å². The number of esters is 1. The molecule has 0 aromatic carbocycles. The maximum atomic E-state index is 12.8. The summed E-state index contributed by atoms with van der Waals surface area (Å²) in [6.07, 6.45) is 12.9. The molecule has 5 nitrogen and oxygen atoms in total. The quantitative estimate of drug-likeness (QED) is 0.139. The van der Waals surface area contributed by atoms with Crippen LogP contribution in [0.5, 0.6) is 0 Å². The highest BCUT2D eigenvalue weighted by Gasteiger charge is 2.34. The highest BCUT2D eigenvalue weighted by Crippen LogP contribution is 2.45. The number of allylic oxidation sites excluding steroid dienone is 2. The third-order valence-electron chi connectivity index (χ3n) is 8.62. The van der Waals surface area contributed by atoms with Crippen LogP contribution in [0.2, 0.25) is 0 Å². The molecule has 0 heterocycles. The summed E-state index contributed by atoms with van der Waals surface area (Å²) in [4.78, 5) is 24.7. The van der Waals surface area contributed by atoms with Crippen molar-refractivity contribution in [3.63, 3.8) is 0 Å². The standard InChI is InChI=1S/C31H58O5/c1-11-29(10,12-2)24-30(13-3,14-4)20-18-17-19-25(27(33)34)23-26(32)36-31(15-5,16-6)21-22-35-28(7,8)9/h17-18,25H,11-16,19-24H2,1-10H3,(H,33,34). The van der Waals surface area contributed by atoms with E-state index in [0.29, 0.717) is 37.7 Å². The SMILES string of the molecule is CCC(C)(CC)CC(CC)(CC)CC=CCC(CC(=O)OC(CC)(CC)CCOC(C)(C)C)C(=O)O. The van der Waals surface area contributed by atoms with E-state index >= 15 is 0 Å². The zero-order valence-corrected chi connectivity index (χ0v) is 25.3. The van der Waals surface area contributed by atoms with Crippen LogP contribution in [-0.2, 0) is 19.1 Å². The summed E-state index contributed by atoms with van der Waals surface area (Å²) in [6, 6.07) is 0. The zero-order valence-electron chi connectivity index (χ0n) is 25.3. The molecule has 36 heavy (non-hydrogen) atoms. The molecule has 0 aliphatic heterocycles. The Balaban J connectivity index is 5.19. The number of carbonyl (C=O) groups excluding carboxylic acids is 1. The molecule has 0 saturated carbocycles. The Hall–Kier alpha value is -1.36. The van der Waals surface area contributed by atoms with Crippen molar-refractivity contribution in [3.8, 4) is 0 Å². The van der Waals surface area contributed by atoms with Crippen molar-refractivity contribution < 1.29 is 24.2 Å². The molecule has 0 fully saturated rings. The van der Waals surface area contributed by atoms with Crippen LogP contribution < -0.4 is 0 Å². The smallest absolute Gasteiger partial charge is 0.307 e. The van der Waals surface area contributed by atoms with Gasteiger partial charge < -0.3 is 14.6 Å². The highest BCUT2D eigenvalue weighted by molar-refractivity contribution is 5.79. The number of rotatable bonds is 19. The van der Waals surface area contributed by atoms with Gasteiger partial charge >= 0.3 is 11.9 Å². The number of carboxylic acid groups (broad SMARTS) is 1. The van der Waals surface area contributed by atoms with E-state index in [4.69, 9.17) is 9.47 Å². The lowest BCUT2D eigenvalue weighted by Crippen LogP contribution is -2.37. The van der Waals surface area contributed by atoms with E-state index in [9.17, 15) is 14.7 Å². The molecule has 0 bridgehead atoms. The molecule has 212 valence electrons. The van der Waals surface area contributed by atoms with Crippen molar-refractivity contribution in [2.45, 2.75) is 151 Å². The molecule has 0 radical (unpaired) electrons. The first-order valence-corrected chi connectivity index (χ1v) is 14.4. The second kappa shape index (κ2) is 15.8. The van der Waals surface area contributed by atoms with Crippen molar-refractivity contribution in [2.75, 3.05) is 6.61 Å². The fraction of sp³-hybridized carbons (Fsp3) is 0.871. The summed E-state index contributed by atoms with van der Waals surface area (Å²) < 4.78 is 11.8. The maximum absolute atomic E-state index is 12.8. The summed E-state index contributed by atoms with van der Waals surface area (Å²) in [7, 11) is 0. The Kier molecular flexibility index (Phi) is 15.2. The lowest BCUT2D eigenvalue weighted by molar-refractivity contribution is -0.167. The van der Waals surface area contributed by atoms with Crippen LogP contribution in [0.1, 0.15) is 140 Å². The van der Waals surface area contributed by atoms with Crippen molar-refractivity contribution >= 4 is 11.9 Å². The van der Waals surface area contributed by atoms with E-state index in [1.807, 2.05) is 40.7 Å². The predicted octanol–water partition coefficient (Wildman–Crippen LogP) is 8.74. The van der Waals surface area contributed by atoms with Gasteiger partial charge in [0.15, 0.2) is 0 Å². The van der Waals surface area contributed by atoms with Gasteiger partial charge in [-0.1, -0.05) is 86.3 Å². The number of hydrogen-bond donors (Lipinski definition) is 1. The summed E-state index contributed by atoms with van der Waals surface area (Å²) in [5.74, 6) is -2.17. The number of ether oxygens (including phenoxy) is 2. The molecular weight excluding hydrogens is 452 g/mol. The average Bonchev–Trinajstić information content (AvgIpc) is 2.83. The first kappa shape index (κ1) is 34.6. The summed E-state index contributed by atoms with van der Waals surface area (Å²) in [5.41, 5.74) is -0.312. The van der Waals surface area contributed by atoms with Gasteiger partial charge in [0, 0.05) is 6.42 Å². The van der Waals surface area contributed by atoms with E-state index in [2.05, 4.69) is 40.7 Å². The number of hydrogen-bond acceptors (Lipinski definition) is 4. The zero-order chi connectivity index (χ0) is 28.0. The fourth-order valence-electron chi connectivity index (χ4n) is 4.96. The van der Waals surface area contributed by atoms with E-state index in [0.717, 1.165) is 32.1 Å². The van der Waals surface area contributed by atoms with Crippen LogP contribution in [0, 0.1) is 16.7 Å². The lowest BCUT2D eigenvalue weighted by atomic mass is 9.65. The predicted molar refractivity (Wildman–Crippen MR) is 150 cm³/mol. The van der Waals surface area contributed by atoms with Crippen LogP contribution in [0.25, 0.3) is 0 Å². The first-order valence-electron chi connectivity index (χ1n) is 14.4. The topological polar surface area (TPSA) is 72.8 Å². The molecule has 1 N–H and O–H groups in total. The Morgan fingerprint density at radius 3 is 1.81 bits per heavy atom. The number of aliphatic carboxylic acids is 1. The summed E-state index contributed by atoms with van der Waals surface area (Å²) in [5, 5.41) is 9.77. The van der Waals surface area contributed by atoms with Gasteiger partial charge in [-0.05, 0) is 63.7 Å². The highest BCUT2D eigenvalue weighted by atomic mass is 16.6. The Morgan fingerprint density at radius 2 is 1.39 bits per heavy atom. The third kappa shape index (κ3) is 12.3. The van der Waals surface area contributed by atoms with Gasteiger partial charge in [-0.15, -0.1) is 0 Å². The molecule has 1 atom stereocenters. The van der Waals surface area contributed by atoms with Crippen LogP contribution in [0.3, 0.4) is 0 Å². The minimum Gasteiger partial charge on any atom is -0.481 e. The maximum Gasteiger partial charge on any atom is 0.307 e. The molecule has 0 aromatic heterocycles. The first-order chi connectivity index (χ1) is 16.7. The van der Waals surface area contributed by atoms with E-state index in [-0.39, 0.29) is 17.4 Å². The molecule has 0 amide bonds. The van der Waals surface area contributed by atoms with Gasteiger partial charge in [0.05, 0.1) is 24.5 Å². The lowest BCUT2D eigenvalue weighted by Gasteiger charge is -2.40. The van der Waals surface area contributed by atoms with Gasteiger partial charge in [0.1, 0.15) is 5.60 Å². The Labute approximate surface area is 222 Å². The minimum absolute atomic E-state index is 0.113. The van der Waals surface area contributed by atoms with Crippen LogP contribution in [0.15, 0.2) is 12.2 Å². The van der Waals surface area contributed by atoms with Gasteiger partial charge in [0.25, 0.3) is 0 Å². The van der Waals surface area contributed by atoms with Crippen LogP contribution in [0.4, 0.5) is 0 Å². The van der Waals surface area contributed by atoms with Crippen LogP contribution in [-0.4, -0.2) is 34.9 Å². The number of carboxylic acids is 1.